The van der Waals surface area contributed by atoms with Gasteiger partial charge in [-0.05, 0) is 67.2 Å². The van der Waals surface area contributed by atoms with Crippen LogP contribution in [0, 0.1) is 35.5 Å². The maximum absolute atomic E-state index is 12.9. The van der Waals surface area contributed by atoms with Crippen LogP contribution in [0.1, 0.15) is 42.5 Å². The van der Waals surface area contributed by atoms with Gasteiger partial charge in [-0.15, -0.1) is 0 Å². The Morgan fingerprint density at radius 2 is 1.56 bits per heavy atom. The number of allylic oxidation sites excluding steroid dienone is 2. The summed E-state index contributed by atoms with van der Waals surface area (Å²) in [6, 6.07) is 6.43. The van der Waals surface area contributed by atoms with Gasteiger partial charge in [0, 0.05) is 23.6 Å². The topological polar surface area (TPSA) is 80.8 Å². The fraction of sp³-hybridized carbons (Fsp3) is 0.520. The van der Waals surface area contributed by atoms with Crippen LogP contribution in [0.15, 0.2) is 36.4 Å². The van der Waals surface area contributed by atoms with Crippen molar-refractivity contribution in [3.63, 3.8) is 0 Å². The third-order valence-corrected chi connectivity index (χ3v) is 7.80. The quantitative estimate of drug-likeness (QED) is 0.186. The van der Waals surface area contributed by atoms with E-state index in [4.69, 9.17) is 16.3 Å². The normalized spacial score (nSPS) is 31.5. The summed E-state index contributed by atoms with van der Waals surface area (Å²) in [6.45, 7) is 0.127. The molecule has 5 aliphatic rings. The van der Waals surface area contributed by atoms with Crippen molar-refractivity contribution in [3.8, 4) is 0 Å². The van der Waals surface area contributed by atoms with Gasteiger partial charge in [0.2, 0.25) is 11.8 Å². The molecule has 6 atom stereocenters. The summed E-state index contributed by atoms with van der Waals surface area (Å²) in [5.74, 6) is 0.750. The summed E-state index contributed by atoms with van der Waals surface area (Å²) in [5.41, 5.74) is 0.448. The lowest BCUT2D eigenvalue weighted by molar-refractivity contribution is -0.143. The molecule has 7 heteroatoms. The molecule has 0 aromatic heterocycles. The molecule has 0 N–H and O–H groups in total. The highest BCUT2D eigenvalue weighted by molar-refractivity contribution is 6.30. The zero-order valence-corrected chi connectivity index (χ0v) is 18.5. The van der Waals surface area contributed by atoms with Crippen LogP contribution >= 0.6 is 11.6 Å². The Morgan fingerprint density at radius 3 is 2.19 bits per heavy atom. The summed E-state index contributed by atoms with van der Waals surface area (Å²) < 4.78 is 5.06. The number of hydrogen-bond donors (Lipinski definition) is 0. The minimum Gasteiger partial charge on any atom is -0.457 e. The molecule has 0 radical (unpaired) electrons. The number of benzene rings is 1. The van der Waals surface area contributed by atoms with Crippen LogP contribution in [0.5, 0.6) is 0 Å². The second kappa shape index (κ2) is 8.47. The first-order valence-electron chi connectivity index (χ1n) is 11.4. The minimum absolute atomic E-state index is 0.00446. The van der Waals surface area contributed by atoms with Crippen molar-refractivity contribution in [2.24, 2.45) is 35.5 Å². The maximum Gasteiger partial charge on any atom is 0.306 e. The fourth-order valence-electron chi connectivity index (χ4n) is 5.89. The van der Waals surface area contributed by atoms with E-state index in [-0.39, 0.29) is 54.3 Å². The number of ether oxygens (including phenoxy) is 1. The number of hydrogen-bond acceptors (Lipinski definition) is 5. The second-order valence-electron chi connectivity index (χ2n) is 9.38. The van der Waals surface area contributed by atoms with Crippen molar-refractivity contribution in [1.29, 1.82) is 0 Å². The molecular weight excluding hydrogens is 430 g/mol. The molecule has 2 amide bonds. The highest BCUT2D eigenvalue weighted by Crippen LogP contribution is 2.65. The molecule has 168 valence electrons. The summed E-state index contributed by atoms with van der Waals surface area (Å²) in [4.78, 5) is 51.3. The molecule has 1 heterocycles. The van der Waals surface area contributed by atoms with Gasteiger partial charge in [-0.25, -0.2) is 0 Å². The number of esters is 1. The van der Waals surface area contributed by atoms with E-state index < -0.39 is 5.97 Å². The van der Waals surface area contributed by atoms with E-state index in [0.717, 1.165) is 6.42 Å². The van der Waals surface area contributed by atoms with E-state index in [1.54, 1.807) is 24.3 Å². The molecule has 0 spiro atoms. The number of imide groups is 1. The number of amides is 2. The molecule has 2 saturated carbocycles. The largest absolute Gasteiger partial charge is 0.457 e. The second-order valence-corrected chi connectivity index (χ2v) is 9.82. The van der Waals surface area contributed by atoms with Crippen LogP contribution in [-0.2, 0) is 19.1 Å². The first-order chi connectivity index (χ1) is 15.5. The van der Waals surface area contributed by atoms with Gasteiger partial charge in [-0.2, -0.15) is 0 Å². The van der Waals surface area contributed by atoms with Crippen LogP contribution in [0.3, 0.4) is 0 Å². The van der Waals surface area contributed by atoms with Gasteiger partial charge in [-0.3, -0.25) is 24.1 Å². The number of nitrogens with zero attached hydrogens (tertiary/aromatic N) is 1. The van der Waals surface area contributed by atoms with E-state index in [9.17, 15) is 19.2 Å². The third kappa shape index (κ3) is 3.79. The van der Waals surface area contributed by atoms with Crippen molar-refractivity contribution in [1.82, 2.24) is 4.90 Å². The van der Waals surface area contributed by atoms with E-state index in [1.807, 2.05) is 0 Å². The minimum atomic E-state index is -0.423. The predicted molar refractivity (Wildman–Crippen MR) is 117 cm³/mol. The van der Waals surface area contributed by atoms with Gasteiger partial charge >= 0.3 is 5.97 Å². The summed E-state index contributed by atoms with van der Waals surface area (Å²) in [5, 5.41) is 0.537. The Kier molecular flexibility index (Phi) is 5.66. The maximum atomic E-state index is 12.9. The molecule has 0 unspecified atom stereocenters. The standard InChI is InChI=1S/C25H26ClNO5/c26-15-7-5-14(6-8-15)20(28)13-32-21(29)4-2-1-3-11-27-24(30)22-16-9-10-17(19-12-18(16)19)23(22)25(27)31/h5-10,16-19,22-23H,1-4,11-13H2/t16-,17+,18-,19-,22+,23+/m1/s1. The number of rotatable bonds is 9. The Balaban J connectivity index is 1.02. The Bertz CT molecular complexity index is 951. The summed E-state index contributed by atoms with van der Waals surface area (Å²) in [6.07, 6.45) is 7.70. The van der Waals surface area contributed by atoms with Crippen molar-refractivity contribution in [2.45, 2.75) is 32.1 Å². The van der Waals surface area contributed by atoms with Crippen LogP contribution < -0.4 is 0 Å². The monoisotopic (exact) mass is 455 g/mol. The van der Waals surface area contributed by atoms with Gasteiger partial charge in [-0.1, -0.05) is 30.2 Å². The average molecular weight is 456 g/mol. The van der Waals surface area contributed by atoms with E-state index in [2.05, 4.69) is 12.2 Å². The highest BCUT2D eigenvalue weighted by Gasteiger charge is 2.66. The Morgan fingerprint density at radius 1 is 0.938 bits per heavy atom. The lowest BCUT2D eigenvalue weighted by Crippen LogP contribution is -2.40. The highest BCUT2D eigenvalue weighted by atomic mass is 35.5. The predicted octanol–water partition coefficient (Wildman–Crippen LogP) is 3.68. The van der Waals surface area contributed by atoms with Crippen LogP contribution in [-0.4, -0.2) is 41.6 Å². The van der Waals surface area contributed by atoms with Gasteiger partial charge in [0.15, 0.2) is 12.4 Å². The Hall–Kier alpha value is -2.47. The molecule has 1 aromatic rings. The first kappa shape index (κ1) is 21.4. The molecule has 1 aromatic carbocycles. The number of carbonyl (C=O) groups is 4. The van der Waals surface area contributed by atoms with Crippen LogP contribution in [0.25, 0.3) is 0 Å². The molecule has 1 aliphatic heterocycles. The molecule has 2 bridgehead atoms. The number of Topliss-reactive ketones (excluding diaryl/α,β-unsaturated/α-hetero) is 1. The summed E-state index contributed by atoms with van der Waals surface area (Å²) in [7, 11) is 0. The van der Waals surface area contributed by atoms with Gasteiger partial charge in [0.1, 0.15) is 0 Å². The first-order valence-corrected chi connectivity index (χ1v) is 11.8. The zero-order chi connectivity index (χ0) is 22.4. The number of unbranched alkanes of at least 4 members (excludes halogenated alkanes) is 2. The smallest absolute Gasteiger partial charge is 0.306 e. The number of carbonyl (C=O) groups excluding carboxylic acids is 4. The molecular formula is C25H26ClNO5. The van der Waals surface area contributed by atoms with Gasteiger partial charge in [0.05, 0.1) is 11.8 Å². The van der Waals surface area contributed by atoms with Crippen molar-refractivity contribution in [2.75, 3.05) is 13.2 Å². The van der Waals surface area contributed by atoms with Crippen molar-refractivity contribution < 1.29 is 23.9 Å². The third-order valence-electron chi connectivity index (χ3n) is 7.55. The van der Waals surface area contributed by atoms with Crippen molar-refractivity contribution >= 4 is 35.2 Å². The van der Waals surface area contributed by atoms with Crippen LogP contribution in [0.2, 0.25) is 5.02 Å². The van der Waals surface area contributed by atoms with Crippen LogP contribution in [0.4, 0.5) is 0 Å². The zero-order valence-electron chi connectivity index (χ0n) is 17.7. The lowest BCUT2D eigenvalue weighted by Gasteiger charge is -2.37. The van der Waals surface area contributed by atoms with Gasteiger partial charge < -0.3 is 4.74 Å². The average Bonchev–Trinajstić information content (AvgIpc) is 3.57. The van der Waals surface area contributed by atoms with Crippen molar-refractivity contribution in [3.05, 3.63) is 47.0 Å². The number of halogens is 1. The van der Waals surface area contributed by atoms with E-state index in [1.165, 1.54) is 4.90 Å². The lowest BCUT2D eigenvalue weighted by atomic mass is 9.63. The van der Waals surface area contributed by atoms with E-state index in [0.29, 0.717) is 48.2 Å². The SMILES string of the molecule is O=C(CCCCCN1C(=O)[C@H]2[C@@H]3C=C[C@@H]([C@H]4C[C@H]34)[C@@H]2C1=O)OCC(=O)c1ccc(Cl)cc1. The van der Waals surface area contributed by atoms with Gasteiger partial charge in [0.25, 0.3) is 0 Å². The summed E-state index contributed by atoms with van der Waals surface area (Å²) >= 11 is 5.80. The molecule has 32 heavy (non-hydrogen) atoms. The molecule has 6 rings (SSSR count). The molecule has 4 aliphatic carbocycles. The van der Waals surface area contributed by atoms with E-state index >= 15 is 0 Å². The number of likely N-dealkylation sites (tertiary alicyclic amines) is 1. The molecule has 1 saturated heterocycles. The Labute approximate surface area is 191 Å². The number of ketones is 1. The molecule has 6 nitrogen and oxygen atoms in total. The fourth-order valence-corrected chi connectivity index (χ4v) is 6.02. The molecule has 3 fully saturated rings.